The molecule has 0 saturated carbocycles. The second-order valence-corrected chi connectivity index (χ2v) is 5.53. The first-order valence-corrected chi connectivity index (χ1v) is 7.72. The van der Waals surface area contributed by atoms with E-state index in [1.54, 1.807) is 11.0 Å². The van der Waals surface area contributed by atoms with E-state index in [9.17, 15) is 9.59 Å². The molecule has 1 amide bonds. The molecule has 21 heavy (non-hydrogen) atoms. The number of alkyl halides is 1. The largest absolute Gasteiger partial charge is 0.469 e. The van der Waals surface area contributed by atoms with Crippen molar-refractivity contribution >= 4 is 23.5 Å². The molecule has 0 aromatic heterocycles. The van der Waals surface area contributed by atoms with Crippen LogP contribution in [0.15, 0.2) is 24.3 Å². The van der Waals surface area contributed by atoms with E-state index >= 15 is 0 Å². The first-order chi connectivity index (χ1) is 10.2. The van der Waals surface area contributed by atoms with Crippen LogP contribution in [0.5, 0.6) is 0 Å². The zero-order valence-electron chi connectivity index (χ0n) is 12.2. The lowest BCUT2D eigenvalue weighted by Gasteiger charge is -2.35. The van der Waals surface area contributed by atoms with E-state index in [2.05, 4.69) is 0 Å². The highest BCUT2D eigenvalue weighted by Gasteiger charge is 2.29. The molecule has 114 valence electrons. The first-order valence-electron chi connectivity index (χ1n) is 7.18. The van der Waals surface area contributed by atoms with Gasteiger partial charge >= 0.3 is 5.97 Å². The van der Waals surface area contributed by atoms with Crippen molar-refractivity contribution in [3.8, 4) is 0 Å². The Labute approximate surface area is 130 Å². The summed E-state index contributed by atoms with van der Waals surface area (Å²) in [6.07, 6.45) is 3.11. The van der Waals surface area contributed by atoms with Crippen LogP contribution in [0.1, 0.15) is 41.6 Å². The Hall–Kier alpha value is -1.55. The Balaban J connectivity index is 2.15. The molecule has 5 heteroatoms. The second-order valence-electron chi connectivity index (χ2n) is 5.26. The number of rotatable bonds is 4. The van der Waals surface area contributed by atoms with Crippen molar-refractivity contribution in [1.82, 2.24) is 4.90 Å². The van der Waals surface area contributed by atoms with Gasteiger partial charge in [0, 0.05) is 24.0 Å². The minimum absolute atomic E-state index is 0.0319. The summed E-state index contributed by atoms with van der Waals surface area (Å²) in [7, 11) is 1.38. The van der Waals surface area contributed by atoms with Gasteiger partial charge in [0.2, 0.25) is 0 Å². The number of nitrogens with zero attached hydrogens (tertiary/aromatic N) is 1. The van der Waals surface area contributed by atoms with E-state index in [4.69, 9.17) is 16.3 Å². The average Bonchev–Trinajstić information content (AvgIpc) is 2.54. The maximum absolute atomic E-state index is 12.7. The predicted octanol–water partition coefficient (Wildman–Crippen LogP) is 2.98. The third-order valence-electron chi connectivity index (χ3n) is 3.85. The molecule has 2 rings (SSSR count). The van der Waals surface area contributed by atoms with Gasteiger partial charge < -0.3 is 9.64 Å². The van der Waals surface area contributed by atoms with Gasteiger partial charge in [-0.25, -0.2) is 0 Å². The van der Waals surface area contributed by atoms with Crippen molar-refractivity contribution < 1.29 is 14.3 Å². The standard InChI is InChI=1S/C16H20ClNO3/c1-21-15(19)10-14-7-2-3-8-18(14)16(20)13-6-4-5-12(9-13)11-17/h4-6,9,14H,2-3,7-8,10-11H2,1H3. The molecular weight excluding hydrogens is 290 g/mol. The monoisotopic (exact) mass is 309 g/mol. The van der Waals surface area contributed by atoms with Crippen LogP contribution in [-0.2, 0) is 15.4 Å². The number of amides is 1. The van der Waals surface area contributed by atoms with Crippen LogP contribution < -0.4 is 0 Å². The van der Waals surface area contributed by atoms with Crippen LogP contribution in [0.3, 0.4) is 0 Å². The third kappa shape index (κ3) is 3.97. The Kier molecular flexibility index (Phi) is 5.62. The normalized spacial score (nSPS) is 18.4. The van der Waals surface area contributed by atoms with Crippen molar-refractivity contribution in [3.05, 3.63) is 35.4 Å². The van der Waals surface area contributed by atoms with Crippen LogP contribution in [-0.4, -0.2) is 36.5 Å². The Morgan fingerprint density at radius 3 is 2.90 bits per heavy atom. The molecule has 1 aromatic rings. The molecule has 0 spiro atoms. The number of benzene rings is 1. The van der Waals surface area contributed by atoms with Gasteiger partial charge in [0.25, 0.3) is 5.91 Å². The zero-order valence-corrected chi connectivity index (χ0v) is 12.9. The fourth-order valence-corrected chi connectivity index (χ4v) is 2.88. The molecule has 0 bridgehead atoms. The summed E-state index contributed by atoms with van der Waals surface area (Å²) in [6, 6.07) is 7.27. The quantitative estimate of drug-likeness (QED) is 0.634. The predicted molar refractivity (Wildman–Crippen MR) is 81.3 cm³/mol. The fraction of sp³-hybridized carbons (Fsp3) is 0.500. The number of carbonyl (C=O) groups is 2. The minimum Gasteiger partial charge on any atom is -0.469 e. The maximum atomic E-state index is 12.7. The van der Waals surface area contributed by atoms with Gasteiger partial charge in [0.15, 0.2) is 0 Å². The smallest absolute Gasteiger partial charge is 0.307 e. The molecule has 1 atom stereocenters. The lowest BCUT2D eigenvalue weighted by molar-refractivity contribution is -0.142. The number of piperidine rings is 1. The summed E-state index contributed by atoms with van der Waals surface area (Å²) in [5.41, 5.74) is 1.55. The van der Waals surface area contributed by atoms with Crippen molar-refractivity contribution in [2.24, 2.45) is 0 Å². The highest BCUT2D eigenvalue weighted by molar-refractivity contribution is 6.17. The SMILES string of the molecule is COC(=O)CC1CCCCN1C(=O)c1cccc(CCl)c1. The second kappa shape index (κ2) is 7.46. The van der Waals surface area contributed by atoms with Crippen LogP contribution in [0.4, 0.5) is 0 Å². The van der Waals surface area contributed by atoms with E-state index in [1.807, 2.05) is 18.2 Å². The molecule has 4 nitrogen and oxygen atoms in total. The molecule has 1 aliphatic heterocycles. The Bertz CT molecular complexity index is 518. The molecule has 1 heterocycles. The number of halogens is 1. The van der Waals surface area contributed by atoms with Gasteiger partial charge in [-0.2, -0.15) is 0 Å². The molecule has 1 unspecified atom stereocenters. The van der Waals surface area contributed by atoms with E-state index in [1.165, 1.54) is 7.11 Å². The highest BCUT2D eigenvalue weighted by atomic mass is 35.5. The van der Waals surface area contributed by atoms with Crippen molar-refractivity contribution in [2.75, 3.05) is 13.7 Å². The Morgan fingerprint density at radius 2 is 2.19 bits per heavy atom. The molecule has 1 aromatic carbocycles. The van der Waals surface area contributed by atoms with Crippen LogP contribution in [0.2, 0.25) is 0 Å². The van der Waals surface area contributed by atoms with Gasteiger partial charge in [0.05, 0.1) is 13.5 Å². The minimum atomic E-state index is -0.269. The Morgan fingerprint density at radius 1 is 1.38 bits per heavy atom. The zero-order chi connectivity index (χ0) is 15.2. The number of esters is 1. The molecule has 0 aliphatic carbocycles. The van der Waals surface area contributed by atoms with Gasteiger partial charge in [-0.1, -0.05) is 12.1 Å². The van der Waals surface area contributed by atoms with Gasteiger partial charge in [-0.05, 0) is 37.0 Å². The van der Waals surface area contributed by atoms with Gasteiger partial charge in [0.1, 0.15) is 0 Å². The van der Waals surface area contributed by atoms with Crippen LogP contribution in [0.25, 0.3) is 0 Å². The van der Waals surface area contributed by atoms with Gasteiger partial charge in [-0.15, -0.1) is 11.6 Å². The molecule has 1 saturated heterocycles. The van der Waals surface area contributed by atoms with E-state index in [-0.39, 0.29) is 24.3 Å². The van der Waals surface area contributed by atoms with E-state index in [0.29, 0.717) is 18.0 Å². The third-order valence-corrected chi connectivity index (χ3v) is 4.15. The molecular formula is C16H20ClNO3. The van der Waals surface area contributed by atoms with E-state index < -0.39 is 0 Å². The van der Waals surface area contributed by atoms with Crippen molar-refractivity contribution in [2.45, 2.75) is 37.6 Å². The van der Waals surface area contributed by atoms with E-state index in [0.717, 1.165) is 24.8 Å². The van der Waals surface area contributed by atoms with Crippen LogP contribution in [0, 0.1) is 0 Å². The number of hydrogen-bond donors (Lipinski definition) is 0. The first kappa shape index (κ1) is 15.8. The molecule has 0 N–H and O–H groups in total. The number of ether oxygens (including phenoxy) is 1. The summed E-state index contributed by atoms with van der Waals surface area (Å²) in [4.78, 5) is 26.0. The summed E-state index contributed by atoms with van der Waals surface area (Å²) in [5, 5.41) is 0. The number of hydrogen-bond acceptors (Lipinski definition) is 3. The van der Waals surface area contributed by atoms with Crippen molar-refractivity contribution in [1.29, 1.82) is 0 Å². The maximum Gasteiger partial charge on any atom is 0.307 e. The number of likely N-dealkylation sites (tertiary alicyclic amines) is 1. The fourth-order valence-electron chi connectivity index (χ4n) is 2.71. The lowest BCUT2D eigenvalue weighted by atomic mass is 9.98. The molecule has 0 radical (unpaired) electrons. The summed E-state index contributed by atoms with van der Waals surface area (Å²) < 4.78 is 4.73. The molecule has 1 fully saturated rings. The summed E-state index contributed by atoms with van der Waals surface area (Å²) in [5.74, 6) is 0.0805. The average molecular weight is 310 g/mol. The summed E-state index contributed by atoms with van der Waals surface area (Å²) in [6.45, 7) is 0.686. The summed E-state index contributed by atoms with van der Waals surface area (Å²) >= 11 is 5.82. The number of carbonyl (C=O) groups excluding carboxylic acids is 2. The van der Waals surface area contributed by atoms with Crippen molar-refractivity contribution in [3.63, 3.8) is 0 Å². The lowest BCUT2D eigenvalue weighted by Crippen LogP contribution is -2.44. The van der Waals surface area contributed by atoms with Crippen LogP contribution >= 0.6 is 11.6 Å². The van der Waals surface area contributed by atoms with Gasteiger partial charge in [-0.3, -0.25) is 9.59 Å². The highest BCUT2D eigenvalue weighted by Crippen LogP contribution is 2.23. The number of methoxy groups -OCH3 is 1. The molecule has 1 aliphatic rings. The topological polar surface area (TPSA) is 46.6 Å².